The maximum Gasteiger partial charge on any atom is 4.00 e. The zero-order chi connectivity index (χ0) is 58.2. The van der Waals surface area contributed by atoms with Gasteiger partial charge in [0.05, 0.1) is 0 Å². The van der Waals surface area contributed by atoms with E-state index >= 15 is 0 Å². The standard InChI is InChI=1S/2C27H47O.2C10H10O2.ClH.Ti/c2*1-18(2)7-6-8-19(3)23-11-12-24-22-10-9-20-17-21(28)13-15-26(20,4)25(22)14-16-27(23,24)5;2*1-8(11)7-10(12)9-5-3-2-4-6-9;;/h2*18-25H,6-17H2,1-5H3;2*2-7,12H,1H3;1H;/q2*-1;;;;+4/p-2/b;;2*10-7-;;/t2*19?,20?,21-,22-,23+,24?,25?,26-,27+;;;;/m00..../s1. The Balaban J connectivity index is 0.000000214. The van der Waals surface area contributed by atoms with E-state index in [1.54, 1.807) is 48.5 Å². The van der Waals surface area contributed by atoms with E-state index in [9.17, 15) is 30.0 Å². The molecule has 8 unspecified atom stereocenters. The normalized spacial score (nSPS) is 37.0. The Labute approximate surface area is 521 Å². The number of rotatable bonds is 14. The van der Waals surface area contributed by atoms with Gasteiger partial charge >= 0.3 is 21.7 Å². The van der Waals surface area contributed by atoms with Gasteiger partial charge in [0.1, 0.15) is 0 Å². The Bertz CT molecular complexity index is 2170. The maximum atomic E-state index is 12.2. The first-order chi connectivity index (χ1) is 37.9. The van der Waals surface area contributed by atoms with Gasteiger partial charge in [-0.05, 0) is 232 Å². The number of fused-ring (bicyclic) bond motifs is 10. The summed E-state index contributed by atoms with van der Waals surface area (Å²) in [6, 6.07) is 17.4. The van der Waals surface area contributed by atoms with E-state index in [1.165, 1.54) is 142 Å². The summed E-state index contributed by atoms with van der Waals surface area (Å²) in [5.41, 5.74) is 3.30. The van der Waals surface area contributed by atoms with Crippen LogP contribution >= 0.6 is 12.4 Å². The van der Waals surface area contributed by atoms with Crippen LogP contribution < -0.4 is 20.4 Å². The second-order valence-corrected chi connectivity index (χ2v) is 30.1. The number of halogens is 1. The Morgan fingerprint density at radius 3 is 1.13 bits per heavy atom. The average molecular weight is 1180 g/mol. The second-order valence-electron chi connectivity index (χ2n) is 30.1. The molecule has 0 amide bonds. The topological polar surface area (TPSA) is 126 Å². The summed E-state index contributed by atoms with van der Waals surface area (Å²) in [4.78, 5) is 21.1. The van der Waals surface area contributed by atoms with Crippen molar-refractivity contribution in [1.82, 2.24) is 0 Å². The number of hydrogen-bond donors (Lipinski definition) is 0. The molecule has 6 nitrogen and oxygen atoms in total. The van der Waals surface area contributed by atoms with Gasteiger partial charge in [-0.2, -0.15) is 0 Å². The third-order valence-electron chi connectivity index (χ3n) is 24.4. The third kappa shape index (κ3) is 16.7. The molecule has 0 aromatic heterocycles. The predicted octanol–water partition coefficient (Wildman–Crippen LogP) is 16.0. The third-order valence-corrected chi connectivity index (χ3v) is 24.4. The van der Waals surface area contributed by atoms with Gasteiger partial charge in [0, 0.05) is 0 Å². The molecule has 2 aromatic carbocycles. The van der Waals surface area contributed by atoms with Gasteiger partial charge < -0.3 is 20.4 Å². The van der Waals surface area contributed by atoms with E-state index < -0.39 is 0 Å². The van der Waals surface area contributed by atoms with Gasteiger partial charge in [-0.25, -0.2) is 0 Å². The van der Waals surface area contributed by atoms with Crippen molar-refractivity contribution in [3.8, 4) is 0 Å². The summed E-state index contributed by atoms with van der Waals surface area (Å²) in [6.45, 7) is 28.0. The molecule has 8 aliphatic carbocycles. The van der Waals surface area contributed by atoms with Crippen molar-refractivity contribution in [2.75, 3.05) is 0 Å². The van der Waals surface area contributed by atoms with Crippen LogP contribution in [0.5, 0.6) is 0 Å². The van der Waals surface area contributed by atoms with E-state index in [4.69, 9.17) is 0 Å². The van der Waals surface area contributed by atoms with Crippen molar-refractivity contribution in [2.45, 2.75) is 249 Å². The Morgan fingerprint density at radius 1 is 0.476 bits per heavy atom. The van der Waals surface area contributed by atoms with Crippen molar-refractivity contribution in [3.05, 3.63) is 83.9 Å². The SMILES string of the molecule is CC(=O)/C=C(\[O-])c1ccccc1.CC(=O)/C=C(\[O-])c1ccccc1.CC(C)CCCC(C)[C@H]1CCC2[C@@H]3CCC4C[C@@H]([O-])CC[C@]4(C)C3CC[C@@]21C.CC(C)CCCC(C)[C@H]1CCC2[C@@H]3CCC4C[C@@H]([O-])CC[C@]4(C)C3CC[C@@]21C.Cl.[Ti+4]. The fourth-order valence-corrected chi connectivity index (χ4v) is 20.2. The first kappa shape index (κ1) is 70.5. The molecule has 82 heavy (non-hydrogen) atoms. The van der Waals surface area contributed by atoms with E-state index in [1.807, 2.05) is 12.1 Å². The van der Waals surface area contributed by atoms with Crippen LogP contribution in [-0.4, -0.2) is 23.8 Å². The maximum absolute atomic E-state index is 12.2. The molecule has 0 N–H and O–H groups in total. The number of carbonyl (C=O) groups is 2. The van der Waals surface area contributed by atoms with Crippen molar-refractivity contribution in [1.29, 1.82) is 0 Å². The Hall–Kier alpha value is -2.22. The number of allylic oxidation sites excluding steroid dienone is 2. The van der Waals surface area contributed by atoms with Gasteiger partial charge in [0.15, 0.2) is 11.6 Å². The molecular formula is C74H113ClO6Ti. The van der Waals surface area contributed by atoms with Crippen molar-refractivity contribution < 1.29 is 51.7 Å². The smallest absolute Gasteiger partial charge is 0.872 e. The second kappa shape index (κ2) is 31.1. The molecule has 0 heterocycles. The van der Waals surface area contributed by atoms with Crippen LogP contribution in [0, 0.1) is 105 Å². The molecule has 0 spiro atoms. The van der Waals surface area contributed by atoms with Crippen LogP contribution in [0.15, 0.2) is 72.8 Å². The summed E-state index contributed by atoms with van der Waals surface area (Å²) in [5.74, 6) is 11.8. The molecule has 8 saturated carbocycles. The first-order valence-corrected chi connectivity index (χ1v) is 33.1. The summed E-state index contributed by atoms with van der Waals surface area (Å²) in [6.07, 6.45) is 34.0. The predicted molar refractivity (Wildman–Crippen MR) is 331 cm³/mol. The molecule has 0 radical (unpaired) electrons. The molecule has 8 aliphatic rings. The van der Waals surface area contributed by atoms with Crippen molar-refractivity contribution in [3.63, 3.8) is 0 Å². The van der Waals surface area contributed by atoms with Crippen LogP contribution in [0.2, 0.25) is 0 Å². The Kier molecular flexibility index (Phi) is 26.8. The van der Waals surface area contributed by atoms with E-state index in [-0.39, 0.29) is 69.4 Å². The summed E-state index contributed by atoms with van der Waals surface area (Å²) in [7, 11) is 0. The molecule has 0 bridgehead atoms. The van der Waals surface area contributed by atoms with E-state index in [2.05, 4.69) is 69.2 Å². The zero-order valence-corrected chi connectivity index (χ0v) is 55.9. The molecule has 456 valence electrons. The molecule has 0 aliphatic heterocycles. The van der Waals surface area contributed by atoms with Crippen LogP contribution in [-0.2, 0) is 31.3 Å². The largest absolute Gasteiger partial charge is 4.00 e. The number of benzene rings is 2. The fraction of sp³-hybridized carbons (Fsp3) is 0.757. The van der Waals surface area contributed by atoms with E-state index in [0.717, 1.165) is 121 Å². The summed E-state index contributed by atoms with van der Waals surface area (Å²) >= 11 is 0. The van der Waals surface area contributed by atoms with E-state index in [0.29, 0.717) is 32.8 Å². The van der Waals surface area contributed by atoms with Crippen LogP contribution in [0.3, 0.4) is 0 Å². The van der Waals surface area contributed by atoms with Gasteiger partial charge in [-0.15, -0.1) is 24.6 Å². The quantitative estimate of drug-likeness (QED) is 0.105. The molecule has 10 rings (SSSR count). The van der Waals surface area contributed by atoms with Crippen LogP contribution in [0.1, 0.15) is 248 Å². The minimum Gasteiger partial charge on any atom is -0.872 e. The summed E-state index contributed by atoms with van der Waals surface area (Å²) < 4.78 is 0. The van der Waals surface area contributed by atoms with Crippen molar-refractivity contribution in [2.24, 2.45) is 105 Å². The minimum atomic E-state index is -0.258. The Morgan fingerprint density at radius 2 is 0.805 bits per heavy atom. The van der Waals surface area contributed by atoms with Gasteiger partial charge in [0.25, 0.3) is 0 Å². The average Bonchev–Trinajstić information content (AvgIpc) is 4.02. The zero-order valence-electron chi connectivity index (χ0n) is 53.5. The molecule has 8 heteroatoms. The van der Waals surface area contributed by atoms with Gasteiger partial charge in [-0.1, -0.05) is 206 Å². The molecular weight excluding hydrogens is 1070 g/mol. The minimum absolute atomic E-state index is 0. The molecule has 8 fully saturated rings. The first-order valence-electron chi connectivity index (χ1n) is 33.1. The number of hydrogen-bond acceptors (Lipinski definition) is 6. The molecule has 2 aromatic rings. The van der Waals surface area contributed by atoms with Gasteiger partial charge in [-0.3, -0.25) is 9.59 Å². The molecule has 18 atom stereocenters. The van der Waals surface area contributed by atoms with Crippen LogP contribution in [0.4, 0.5) is 0 Å². The molecule has 0 saturated heterocycles. The van der Waals surface area contributed by atoms with Gasteiger partial charge in [0.2, 0.25) is 0 Å². The van der Waals surface area contributed by atoms with Crippen LogP contribution in [0.25, 0.3) is 11.5 Å². The monoisotopic (exact) mass is 1180 g/mol. The number of ketones is 2. The number of carbonyl (C=O) groups excluding carboxylic acids is 2. The summed E-state index contributed by atoms with van der Waals surface area (Å²) in [5, 5.41) is 46.7. The van der Waals surface area contributed by atoms with Crippen molar-refractivity contribution >= 4 is 35.5 Å². The fourth-order valence-electron chi connectivity index (χ4n) is 20.2.